The summed E-state index contributed by atoms with van der Waals surface area (Å²) in [6.45, 7) is 2.00. The largest absolute Gasteiger partial charge is 0.461 e. The molecule has 0 aliphatic rings. The van der Waals surface area contributed by atoms with E-state index in [-0.39, 0.29) is 12.3 Å². The number of rotatable bonds is 3. The van der Waals surface area contributed by atoms with Gasteiger partial charge in [0.05, 0.1) is 11.6 Å². The first-order valence-corrected chi connectivity index (χ1v) is 5.35. The van der Waals surface area contributed by atoms with Crippen molar-refractivity contribution < 1.29 is 14.1 Å². The Morgan fingerprint density at radius 1 is 1.59 bits per heavy atom. The highest BCUT2D eigenvalue weighted by Crippen LogP contribution is 2.25. The minimum Gasteiger partial charge on any atom is -0.461 e. The van der Waals surface area contributed by atoms with E-state index in [1.807, 2.05) is 0 Å². The lowest BCUT2D eigenvalue weighted by molar-refractivity contribution is 0.0514. The highest BCUT2D eigenvalue weighted by Gasteiger charge is 2.16. The molecule has 0 amide bonds. The van der Waals surface area contributed by atoms with E-state index in [4.69, 9.17) is 20.9 Å². The molecule has 0 spiro atoms. The number of pyridine rings is 1. The Hall–Kier alpha value is -1.88. The summed E-state index contributed by atoms with van der Waals surface area (Å²) in [4.78, 5) is 15.4. The van der Waals surface area contributed by atoms with Gasteiger partial charge in [-0.1, -0.05) is 16.8 Å². The number of carbonyl (C=O) groups excluding carboxylic acids is 1. The van der Waals surface area contributed by atoms with Crippen LogP contribution in [0.25, 0.3) is 11.5 Å². The molecule has 0 atom stereocenters. The molecule has 0 aliphatic carbocycles. The maximum Gasteiger partial charge on any atom is 0.360 e. The Labute approximate surface area is 102 Å². The summed E-state index contributed by atoms with van der Waals surface area (Å²) in [5.41, 5.74) is 0.542. The summed E-state index contributed by atoms with van der Waals surface area (Å²) < 4.78 is 9.79. The molecule has 0 saturated heterocycles. The lowest BCUT2D eigenvalue weighted by Gasteiger charge is -1.96. The molecule has 17 heavy (non-hydrogen) atoms. The van der Waals surface area contributed by atoms with Crippen molar-refractivity contribution >= 4 is 17.6 Å². The van der Waals surface area contributed by atoms with Crippen LogP contribution in [0.1, 0.15) is 17.4 Å². The van der Waals surface area contributed by atoms with Gasteiger partial charge in [0, 0.05) is 12.3 Å². The summed E-state index contributed by atoms with van der Waals surface area (Å²) in [6.07, 6.45) is 1.58. The quantitative estimate of drug-likeness (QED) is 0.786. The predicted octanol–water partition coefficient (Wildman–Crippen LogP) is 2.57. The van der Waals surface area contributed by atoms with E-state index in [0.717, 1.165) is 0 Å². The molecule has 0 saturated carbocycles. The van der Waals surface area contributed by atoms with Crippen molar-refractivity contribution in [1.82, 2.24) is 10.1 Å². The van der Waals surface area contributed by atoms with Gasteiger partial charge in [0.1, 0.15) is 5.69 Å². The molecule has 2 aromatic rings. The molecule has 0 unspecified atom stereocenters. The molecule has 2 rings (SSSR count). The maximum absolute atomic E-state index is 11.4. The van der Waals surface area contributed by atoms with Gasteiger partial charge in [-0.05, 0) is 19.1 Å². The summed E-state index contributed by atoms with van der Waals surface area (Å²) >= 11 is 5.94. The van der Waals surface area contributed by atoms with Crippen LogP contribution in [0.3, 0.4) is 0 Å². The summed E-state index contributed by atoms with van der Waals surface area (Å²) in [6, 6.07) is 4.83. The Bertz CT molecular complexity index is 539. The van der Waals surface area contributed by atoms with Gasteiger partial charge in [-0.25, -0.2) is 4.79 Å². The van der Waals surface area contributed by atoms with E-state index in [1.165, 1.54) is 6.07 Å². The molecule has 0 bridgehead atoms. The zero-order valence-corrected chi connectivity index (χ0v) is 9.77. The lowest BCUT2D eigenvalue weighted by atomic mass is 10.2. The van der Waals surface area contributed by atoms with Crippen molar-refractivity contribution in [2.75, 3.05) is 6.61 Å². The molecular weight excluding hydrogens is 244 g/mol. The fourth-order valence-electron chi connectivity index (χ4n) is 1.26. The van der Waals surface area contributed by atoms with Crippen molar-refractivity contribution in [3.05, 3.63) is 35.1 Å². The van der Waals surface area contributed by atoms with Crippen LogP contribution in [-0.2, 0) is 4.74 Å². The van der Waals surface area contributed by atoms with Crippen molar-refractivity contribution in [3.63, 3.8) is 0 Å². The summed E-state index contributed by atoms with van der Waals surface area (Å²) in [5, 5.41) is 4.03. The molecule has 5 nitrogen and oxygen atoms in total. The van der Waals surface area contributed by atoms with E-state index in [2.05, 4.69) is 10.1 Å². The van der Waals surface area contributed by atoms with Crippen LogP contribution in [0, 0.1) is 0 Å². The van der Waals surface area contributed by atoms with Gasteiger partial charge >= 0.3 is 5.97 Å². The molecule has 6 heteroatoms. The van der Waals surface area contributed by atoms with Gasteiger partial charge in [0.2, 0.25) is 0 Å². The van der Waals surface area contributed by atoms with E-state index in [1.54, 1.807) is 25.3 Å². The molecule has 0 N–H and O–H groups in total. The van der Waals surface area contributed by atoms with Gasteiger partial charge < -0.3 is 9.26 Å². The van der Waals surface area contributed by atoms with Gasteiger partial charge in [0.25, 0.3) is 0 Å². The van der Waals surface area contributed by atoms with Crippen LogP contribution < -0.4 is 0 Å². The predicted molar refractivity (Wildman–Crippen MR) is 60.7 cm³/mol. The van der Waals surface area contributed by atoms with Gasteiger partial charge in [-0.3, -0.25) is 4.98 Å². The molecule has 2 aromatic heterocycles. The first-order chi connectivity index (χ1) is 8.22. The summed E-state index contributed by atoms with van der Waals surface area (Å²) in [7, 11) is 0. The third kappa shape index (κ3) is 2.45. The van der Waals surface area contributed by atoms with E-state index in [0.29, 0.717) is 16.5 Å². The molecule has 88 valence electrons. The molecule has 0 aromatic carbocycles. The average Bonchev–Trinajstić information content (AvgIpc) is 2.79. The summed E-state index contributed by atoms with van der Waals surface area (Å²) in [5.74, 6) is -0.201. The topological polar surface area (TPSA) is 65.2 Å². The third-order valence-corrected chi connectivity index (χ3v) is 2.29. The fourth-order valence-corrected chi connectivity index (χ4v) is 1.47. The van der Waals surface area contributed by atoms with E-state index in [9.17, 15) is 4.79 Å². The van der Waals surface area contributed by atoms with Crippen molar-refractivity contribution in [1.29, 1.82) is 0 Å². The third-order valence-electron chi connectivity index (χ3n) is 1.99. The van der Waals surface area contributed by atoms with E-state index < -0.39 is 5.97 Å². The van der Waals surface area contributed by atoms with E-state index >= 15 is 0 Å². The standard InChI is InChI=1S/C11H9ClN2O3/c1-2-16-11(15)8-6-9(17-14-8)10-7(12)4-3-5-13-10/h3-6H,2H2,1H3. The lowest BCUT2D eigenvalue weighted by Crippen LogP contribution is -2.04. The molecular formula is C11H9ClN2O3. The van der Waals surface area contributed by atoms with Crippen LogP contribution >= 0.6 is 11.6 Å². The first kappa shape index (κ1) is 11.6. The smallest absolute Gasteiger partial charge is 0.360 e. The number of nitrogens with zero attached hydrogens (tertiary/aromatic N) is 2. The molecule has 2 heterocycles. The number of hydrogen-bond acceptors (Lipinski definition) is 5. The Balaban J connectivity index is 2.30. The molecule has 0 fully saturated rings. The average molecular weight is 253 g/mol. The van der Waals surface area contributed by atoms with Crippen LogP contribution in [0.15, 0.2) is 28.9 Å². The number of carbonyl (C=O) groups is 1. The highest BCUT2D eigenvalue weighted by molar-refractivity contribution is 6.32. The highest BCUT2D eigenvalue weighted by atomic mass is 35.5. The second-order valence-corrected chi connectivity index (χ2v) is 3.54. The van der Waals surface area contributed by atoms with Gasteiger partial charge in [-0.2, -0.15) is 0 Å². The normalized spacial score (nSPS) is 10.2. The number of esters is 1. The van der Waals surface area contributed by atoms with Gasteiger partial charge in [-0.15, -0.1) is 0 Å². The minimum absolute atomic E-state index is 0.101. The Morgan fingerprint density at radius 2 is 2.41 bits per heavy atom. The monoisotopic (exact) mass is 252 g/mol. The Morgan fingerprint density at radius 3 is 3.12 bits per heavy atom. The van der Waals surface area contributed by atoms with Crippen LogP contribution in [0.5, 0.6) is 0 Å². The first-order valence-electron chi connectivity index (χ1n) is 4.97. The molecule has 0 aliphatic heterocycles. The number of hydrogen-bond donors (Lipinski definition) is 0. The number of ether oxygens (including phenoxy) is 1. The van der Waals surface area contributed by atoms with Crippen LogP contribution in [0.2, 0.25) is 5.02 Å². The zero-order valence-electron chi connectivity index (χ0n) is 9.01. The van der Waals surface area contributed by atoms with Crippen molar-refractivity contribution in [2.45, 2.75) is 6.92 Å². The van der Waals surface area contributed by atoms with Crippen molar-refractivity contribution in [2.24, 2.45) is 0 Å². The van der Waals surface area contributed by atoms with Crippen LogP contribution in [-0.4, -0.2) is 22.7 Å². The van der Waals surface area contributed by atoms with Gasteiger partial charge in [0.15, 0.2) is 11.5 Å². The fraction of sp³-hybridized carbons (Fsp3) is 0.182. The molecule has 0 radical (unpaired) electrons. The second kappa shape index (κ2) is 4.97. The number of halogens is 1. The number of aromatic nitrogens is 2. The SMILES string of the molecule is CCOC(=O)c1cc(-c2ncccc2Cl)on1. The van der Waals surface area contributed by atoms with Crippen LogP contribution in [0.4, 0.5) is 0 Å². The second-order valence-electron chi connectivity index (χ2n) is 3.13. The minimum atomic E-state index is -0.533. The van der Waals surface area contributed by atoms with Crippen molar-refractivity contribution in [3.8, 4) is 11.5 Å². The maximum atomic E-state index is 11.4. The Kier molecular flexibility index (Phi) is 3.39. The zero-order chi connectivity index (χ0) is 12.3.